The van der Waals surface area contributed by atoms with Crippen molar-refractivity contribution in [1.82, 2.24) is 14.9 Å². The first-order valence-electron chi connectivity index (χ1n) is 10.8. The maximum atomic E-state index is 13.0. The molecule has 30 heavy (non-hydrogen) atoms. The number of sulfone groups is 1. The van der Waals surface area contributed by atoms with Gasteiger partial charge < -0.3 is 9.80 Å². The minimum Gasteiger partial charge on any atom is -0.341 e. The summed E-state index contributed by atoms with van der Waals surface area (Å²) in [5, 5.41) is 0.857. The molecule has 4 rings (SSSR count). The zero-order chi connectivity index (χ0) is 21.5. The molecule has 1 aromatic carbocycles. The van der Waals surface area contributed by atoms with Gasteiger partial charge in [0.2, 0.25) is 11.9 Å². The number of aromatic nitrogens is 2. The van der Waals surface area contributed by atoms with Crippen LogP contribution in [0.5, 0.6) is 0 Å². The lowest BCUT2D eigenvalue weighted by molar-refractivity contribution is -0.139. The van der Waals surface area contributed by atoms with Crippen molar-refractivity contribution in [3.8, 4) is 0 Å². The Balaban J connectivity index is 1.51. The molecule has 2 fully saturated rings. The van der Waals surface area contributed by atoms with Crippen molar-refractivity contribution in [2.24, 2.45) is 5.92 Å². The zero-order valence-corrected chi connectivity index (χ0v) is 18.8. The topological polar surface area (TPSA) is 83.5 Å². The van der Waals surface area contributed by atoms with Gasteiger partial charge >= 0.3 is 0 Å². The monoisotopic (exact) mass is 430 g/mol. The van der Waals surface area contributed by atoms with Gasteiger partial charge in [-0.05, 0) is 64.2 Å². The SMILES string of the molecule is Cc1nc(N2CCC(C(=O)N3CCCC[C@H]3C)CC2)nc2cc(S(C)(=O)=O)ccc12. The molecule has 0 bridgehead atoms. The number of fused-ring (bicyclic) bond motifs is 1. The van der Waals surface area contributed by atoms with E-state index in [4.69, 9.17) is 0 Å². The summed E-state index contributed by atoms with van der Waals surface area (Å²) < 4.78 is 23.8. The van der Waals surface area contributed by atoms with Crippen LogP contribution < -0.4 is 4.90 Å². The number of rotatable bonds is 3. The van der Waals surface area contributed by atoms with Gasteiger partial charge in [0, 0.05) is 43.2 Å². The normalized spacial score (nSPS) is 21.2. The largest absolute Gasteiger partial charge is 0.341 e. The molecular formula is C22H30N4O3S. The van der Waals surface area contributed by atoms with Crippen LogP contribution in [0, 0.1) is 12.8 Å². The van der Waals surface area contributed by atoms with E-state index in [2.05, 4.69) is 26.7 Å². The van der Waals surface area contributed by atoms with E-state index in [9.17, 15) is 13.2 Å². The van der Waals surface area contributed by atoms with Crippen LogP contribution in [0.15, 0.2) is 23.1 Å². The molecule has 8 heteroatoms. The van der Waals surface area contributed by atoms with Gasteiger partial charge in [-0.3, -0.25) is 4.79 Å². The van der Waals surface area contributed by atoms with Crippen LogP contribution >= 0.6 is 0 Å². The maximum Gasteiger partial charge on any atom is 0.226 e. The fourth-order valence-electron chi connectivity index (χ4n) is 4.61. The summed E-state index contributed by atoms with van der Waals surface area (Å²) >= 11 is 0. The van der Waals surface area contributed by atoms with E-state index in [1.165, 1.54) is 12.7 Å². The van der Waals surface area contributed by atoms with Gasteiger partial charge in [-0.2, -0.15) is 0 Å². The Morgan fingerprint density at radius 2 is 1.80 bits per heavy atom. The summed E-state index contributed by atoms with van der Waals surface area (Å²) in [6, 6.07) is 5.35. The molecule has 1 aromatic heterocycles. The van der Waals surface area contributed by atoms with Gasteiger partial charge in [-0.1, -0.05) is 0 Å². The van der Waals surface area contributed by atoms with Crippen LogP contribution in [-0.2, 0) is 14.6 Å². The minimum atomic E-state index is -3.29. The maximum absolute atomic E-state index is 13.0. The fourth-order valence-corrected chi connectivity index (χ4v) is 5.25. The standard InChI is InChI=1S/C22H30N4O3S/c1-15-6-4-5-11-26(15)21(27)17-9-12-25(13-10-17)22-23-16(2)19-8-7-18(30(3,28)29)14-20(19)24-22/h7-8,14-15,17H,4-6,9-13H2,1-3H3/t15-/m1/s1. The number of amides is 1. The number of nitrogens with zero attached hydrogens (tertiary/aromatic N) is 4. The number of benzene rings is 1. The molecule has 1 atom stereocenters. The third-order valence-electron chi connectivity index (χ3n) is 6.49. The van der Waals surface area contributed by atoms with Gasteiger partial charge in [-0.15, -0.1) is 0 Å². The van der Waals surface area contributed by atoms with Crippen molar-refractivity contribution in [1.29, 1.82) is 0 Å². The molecule has 2 aliphatic rings. The lowest BCUT2D eigenvalue weighted by atomic mass is 9.93. The third kappa shape index (κ3) is 4.15. The van der Waals surface area contributed by atoms with E-state index in [0.29, 0.717) is 23.4 Å². The van der Waals surface area contributed by atoms with Crippen LogP contribution in [0.2, 0.25) is 0 Å². The summed E-state index contributed by atoms with van der Waals surface area (Å²) in [4.78, 5) is 26.8. The molecule has 7 nitrogen and oxygen atoms in total. The smallest absolute Gasteiger partial charge is 0.226 e. The molecule has 0 N–H and O–H groups in total. The first kappa shape index (κ1) is 21.0. The summed E-state index contributed by atoms with van der Waals surface area (Å²) in [7, 11) is -3.29. The van der Waals surface area contributed by atoms with Gasteiger partial charge in [0.1, 0.15) is 0 Å². The zero-order valence-electron chi connectivity index (χ0n) is 18.0. The van der Waals surface area contributed by atoms with Crippen LogP contribution in [0.4, 0.5) is 5.95 Å². The van der Waals surface area contributed by atoms with Crippen LogP contribution in [0.1, 0.15) is 44.7 Å². The Morgan fingerprint density at radius 3 is 2.47 bits per heavy atom. The number of carbonyl (C=O) groups is 1. The average Bonchev–Trinajstić information content (AvgIpc) is 2.72. The predicted octanol–water partition coefficient (Wildman–Crippen LogP) is 2.96. The number of hydrogen-bond donors (Lipinski definition) is 0. The molecule has 2 saturated heterocycles. The average molecular weight is 431 g/mol. The van der Waals surface area contributed by atoms with Gasteiger partial charge in [0.25, 0.3) is 0 Å². The summed E-state index contributed by atoms with van der Waals surface area (Å²) in [5.74, 6) is 0.985. The molecule has 0 saturated carbocycles. The van der Waals surface area contributed by atoms with E-state index >= 15 is 0 Å². The summed E-state index contributed by atoms with van der Waals surface area (Å²) in [6.07, 6.45) is 6.22. The van der Waals surface area contributed by atoms with Crippen molar-refractivity contribution in [2.45, 2.75) is 56.9 Å². The molecule has 2 aliphatic heterocycles. The Hall–Kier alpha value is -2.22. The molecular weight excluding hydrogens is 400 g/mol. The van der Waals surface area contributed by atoms with Crippen molar-refractivity contribution in [3.63, 3.8) is 0 Å². The number of likely N-dealkylation sites (tertiary alicyclic amines) is 1. The summed E-state index contributed by atoms with van der Waals surface area (Å²) in [5.41, 5.74) is 1.47. The second kappa shape index (κ2) is 8.13. The van der Waals surface area contributed by atoms with Gasteiger partial charge in [0.05, 0.1) is 16.1 Å². The highest BCUT2D eigenvalue weighted by atomic mass is 32.2. The molecule has 3 heterocycles. The third-order valence-corrected chi connectivity index (χ3v) is 7.60. The lowest BCUT2D eigenvalue weighted by Gasteiger charge is -2.38. The van der Waals surface area contributed by atoms with Crippen LogP contribution in [-0.4, -0.2) is 61.1 Å². The highest BCUT2D eigenvalue weighted by molar-refractivity contribution is 7.90. The fraction of sp³-hybridized carbons (Fsp3) is 0.591. The Morgan fingerprint density at radius 1 is 1.07 bits per heavy atom. The number of piperidine rings is 2. The molecule has 0 spiro atoms. The van der Waals surface area contributed by atoms with E-state index in [0.717, 1.165) is 56.4 Å². The van der Waals surface area contributed by atoms with E-state index in [1.807, 2.05) is 6.92 Å². The Kier molecular flexibility index (Phi) is 5.70. The molecule has 162 valence electrons. The van der Waals surface area contributed by atoms with E-state index in [-0.39, 0.29) is 10.8 Å². The van der Waals surface area contributed by atoms with Crippen LogP contribution in [0.3, 0.4) is 0 Å². The highest BCUT2D eigenvalue weighted by Crippen LogP contribution is 2.28. The number of hydrogen-bond acceptors (Lipinski definition) is 6. The molecule has 0 aliphatic carbocycles. The molecule has 0 unspecified atom stereocenters. The van der Waals surface area contributed by atoms with Crippen molar-refractivity contribution < 1.29 is 13.2 Å². The predicted molar refractivity (Wildman–Crippen MR) is 117 cm³/mol. The van der Waals surface area contributed by atoms with Crippen LogP contribution in [0.25, 0.3) is 10.9 Å². The lowest BCUT2D eigenvalue weighted by Crippen LogP contribution is -2.48. The van der Waals surface area contributed by atoms with Gasteiger partial charge in [0.15, 0.2) is 9.84 Å². The van der Waals surface area contributed by atoms with Gasteiger partial charge in [-0.25, -0.2) is 18.4 Å². The van der Waals surface area contributed by atoms with Crippen molar-refractivity contribution in [2.75, 3.05) is 30.8 Å². The molecule has 2 aromatic rings. The Labute approximate surface area is 178 Å². The van der Waals surface area contributed by atoms with Crippen molar-refractivity contribution >= 4 is 32.6 Å². The highest BCUT2D eigenvalue weighted by Gasteiger charge is 2.32. The Bertz CT molecular complexity index is 1060. The minimum absolute atomic E-state index is 0.0696. The second-order valence-corrected chi connectivity index (χ2v) is 10.7. The van der Waals surface area contributed by atoms with E-state index in [1.54, 1.807) is 18.2 Å². The van der Waals surface area contributed by atoms with Crippen molar-refractivity contribution in [3.05, 3.63) is 23.9 Å². The first-order valence-corrected chi connectivity index (χ1v) is 12.7. The number of carbonyl (C=O) groups excluding carboxylic acids is 1. The first-order chi connectivity index (χ1) is 14.2. The molecule has 0 radical (unpaired) electrons. The number of anilines is 1. The van der Waals surface area contributed by atoms with E-state index < -0.39 is 9.84 Å². The summed E-state index contributed by atoms with van der Waals surface area (Å²) in [6.45, 7) is 6.42. The quantitative estimate of drug-likeness (QED) is 0.744. The molecule has 1 amide bonds. The number of aryl methyl sites for hydroxylation is 1. The second-order valence-electron chi connectivity index (χ2n) is 8.70.